The van der Waals surface area contributed by atoms with Crippen molar-refractivity contribution in [2.45, 2.75) is 40.3 Å². The van der Waals surface area contributed by atoms with Crippen molar-refractivity contribution in [3.8, 4) is 0 Å². The van der Waals surface area contributed by atoms with Gasteiger partial charge in [-0.3, -0.25) is 9.58 Å². The Morgan fingerprint density at radius 1 is 1.53 bits per heavy atom. The summed E-state index contributed by atoms with van der Waals surface area (Å²) in [5, 5.41) is 16.3. The quantitative estimate of drug-likeness (QED) is 0.341. The summed E-state index contributed by atoms with van der Waals surface area (Å²) >= 11 is 0. The van der Waals surface area contributed by atoms with Crippen molar-refractivity contribution < 1.29 is 5.21 Å². The van der Waals surface area contributed by atoms with E-state index in [9.17, 15) is 0 Å². The fourth-order valence-corrected chi connectivity index (χ4v) is 1.86. The molecule has 0 bridgehead atoms. The zero-order chi connectivity index (χ0) is 14.4. The lowest BCUT2D eigenvalue weighted by Gasteiger charge is -2.22. The van der Waals surface area contributed by atoms with E-state index in [0.717, 1.165) is 25.3 Å². The van der Waals surface area contributed by atoms with Gasteiger partial charge >= 0.3 is 0 Å². The fourth-order valence-electron chi connectivity index (χ4n) is 1.86. The topological polar surface area (TPSA) is 79.7 Å². The molecule has 1 heterocycles. The van der Waals surface area contributed by atoms with Gasteiger partial charge < -0.3 is 10.9 Å². The van der Waals surface area contributed by atoms with Gasteiger partial charge in [0.05, 0.1) is 5.69 Å². The zero-order valence-electron chi connectivity index (χ0n) is 12.2. The number of rotatable bonds is 7. The third-order valence-corrected chi connectivity index (χ3v) is 3.18. The molecule has 6 heteroatoms. The average molecular weight is 267 g/mol. The maximum absolute atomic E-state index is 8.67. The summed E-state index contributed by atoms with van der Waals surface area (Å²) in [7, 11) is 0. The van der Waals surface area contributed by atoms with Gasteiger partial charge in [0.2, 0.25) is 0 Å². The highest BCUT2D eigenvalue weighted by Crippen LogP contribution is 2.08. The van der Waals surface area contributed by atoms with Crippen molar-refractivity contribution in [2.24, 2.45) is 16.8 Å². The number of nitrogens with two attached hydrogens (primary N) is 1. The van der Waals surface area contributed by atoms with Gasteiger partial charge in [-0.15, -0.1) is 0 Å². The summed E-state index contributed by atoms with van der Waals surface area (Å²) in [6.45, 7) is 10.7. The predicted octanol–water partition coefficient (Wildman–Crippen LogP) is 1.67. The normalized spacial score (nSPS) is 14.3. The van der Waals surface area contributed by atoms with Crippen molar-refractivity contribution >= 4 is 5.84 Å². The molecule has 0 amide bonds. The lowest BCUT2D eigenvalue weighted by molar-refractivity contribution is 0.254. The van der Waals surface area contributed by atoms with Crippen molar-refractivity contribution in [2.75, 3.05) is 13.1 Å². The summed E-state index contributed by atoms with van der Waals surface area (Å²) < 4.78 is 1.95. The highest BCUT2D eigenvalue weighted by molar-refractivity contribution is 5.82. The molecule has 0 fully saturated rings. The first-order valence-electron chi connectivity index (χ1n) is 6.71. The number of nitrogens with zero attached hydrogens (tertiary/aromatic N) is 4. The second-order valence-corrected chi connectivity index (χ2v) is 5.13. The highest BCUT2D eigenvalue weighted by atomic mass is 16.4. The lowest BCUT2D eigenvalue weighted by Crippen LogP contribution is -2.34. The van der Waals surface area contributed by atoms with Crippen LogP contribution in [0, 0.1) is 5.92 Å². The molecule has 0 saturated heterocycles. The molecule has 0 aliphatic carbocycles. The van der Waals surface area contributed by atoms with Crippen LogP contribution in [0.15, 0.2) is 17.4 Å². The van der Waals surface area contributed by atoms with Gasteiger partial charge in [-0.05, 0) is 26.5 Å². The molecule has 0 saturated carbocycles. The summed E-state index contributed by atoms with van der Waals surface area (Å²) in [4.78, 5) is 2.23. The first kappa shape index (κ1) is 15.5. The van der Waals surface area contributed by atoms with Crippen LogP contribution in [-0.4, -0.2) is 38.8 Å². The van der Waals surface area contributed by atoms with E-state index in [0.29, 0.717) is 6.04 Å². The average Bonchev–Trinajstić information content (AvgIpc) is 2.85. The Labute approximate surface area is 114 Å². The maximum atomic E-state index is 8.67. The first-order valence-corrected chi connectivity index (χ1v) is 6.71. The van der Waals surface area contributed by atoms with Gasteiger partial charge in [0, 0.05) is 31.2 Å². The van der Waals surface area contributed by atoms with E-state index in [2.05, 4.69) is 35.9 Å². The van der Waals surface area contributed by atoms with Crippen LogP contribution in [0.2, 0.25) is 0 Å². The van der Waals surface area contributed by atoms with Crippen LogP contribution in [0.4, 0.5) is 0 Å². The molecule has 3 N–H and O–H groups in total. The van der Waals surface area contributed by atoms with Crippen LogP contribution in [0.5, 0.6) is 0 Å². The van der Waals surface area contributed by atoms with Crippen LogP contribution < -0.4 is 5.73 Å². The molecule has 0 aliphatic rings. The van der Waals surface area contributed by atoms with E-state index >= 15 is 0 Å². The van der Waals surface area contributed by atoms with Gasteiger partial charge in [-0.2, -0.15) is 5.10 Å². The Balaban J connectivity index is 2.61. The van der Waals surface area contributed by atoms with Crippen LogP contribution in [0.25, 0.3) is 0 Å². The van der Waals surface area contributed by atoms with E-state index in [-0.39, 0.29) is 11.8 Å². The van der Waals surface area contributed by atoms with Gasteiger partial charge in [-0.25, -0.2) is 0 Å². The van der Waals surface area contributed by atoms with Gasteiger partial charge in [0.1, 0.15) is 5.84 Å². The summed E-state index contributed by atoms with van der Waals surface area (Å²) in [5.74, 6) is 0.295. The van der Waals surface area contributed by atoms with Gasteiger partial charge in [0.15, 0.2) is 0 Å². The highest BCUT2D eigenvalue weighted by Gasteiger charge is 2.14. The van der Waals surface area contributed by atoms with Gasteiger partial charge in [-0.1, -0.05) is 19.0 Å². The Kier molecular flexibility index (Phi) is 5.82. The number of aromatic nitrogens is 2. The first-order chi connectivity index (χ1) is 8.97. The second kappa shape index (κ2) is 7.13. The molecule has 0 aliphatic heterocycles. The van der Waals surface area contributed by atoms with E-state index in [1.807, 2.05) is 23.9 Å². The molecule has 19 heavy (non-hydrogen) atoms. The van der Waals surface area contributed by atoms with Crippen LogP contribution in [0.3, 0.4) is 0 Å². The molecule has 0 aromatic carbocycles. The lowest BCUT2D eigenvalue weighted by atomic mass is 10.1. The molecule has 1 atom stereocenters. The monoisotopic (exact) mass is 267 g/mol. The largest absolute Gasteiger partial charge is 0.409 e. The minimum absolute atomic E-state index is 0.0251. The molecule has 0 spiro atoms. The number of hydrogen-bond donors (Lipinski definition) is 2. The molecule has 1 aromatic rings. The zero-order valence-corrected chi connectivity index (χ0v) is 12.2. The molecular formula is C13H25N5O. The maximum Gasteiger partial charge on any atom is 0.143 e. The van der Waals surface area contributed by atoms with Crippen molar-refractivity contribution in [3.05, 3.63) is 18.0 Å². The fraction of sp³-hybridized carbons (Fsp3) is 0.692. The predicted molar refractivity (Wildman–Crippen MR) is 76.1 cm³/mol. The third-order valence-electron chi connectivity index (χ3n) is 3.18. The molecule has 1 aromatic heterocycles. The summed E-state index contributed by atoms with van der Waals surface area (Å²) in [6, 6.07) is 2.41. The third kappa shape index (κ3) is 4.55. The van der Waals surface area contributed by atoms with Crippen molar-refractivity contribution in [1.82, 2.24) is 14.7 Å². The summed E-state index contributed by atoms with van der Waals surface area (Å²) in [5.41, 5.74) is 6.65. The van der Waals surface area contributed by atoms with Crippen molar-refractivity contribution in [3.63, 3.8) is 0 Å². The van der Waals surface area contributed by atoms with E-state index < -0.39 is 0 Å². The Hall–Kier alpha value is -1.56. The number of hydrogen-bond acceptors (Lipinski definition) is 4. The molecule has 1 rings (SSSR count). The smallest absolute Gasteiger partial charge is 0.143 e. The second-order valence-electron chi connectivity index (χ2n) is 5.13. The summed E-state index contributed by atoms with van der Waals surface area (Å²) in [6.07, 6.45) is 2.00. The molecular weight excluding hydrogens is 242 g/mol. The van der Waals surface area contributed by atoms with E-state index in [1.165, 1.54) is 0 Å². The van der Waals surface area contributed by atoms with Crippen molar-refractivity contribution in [1.29, 1.82) is 0 Å². The van der Waals surface area contributed by atoms with Crippen LogP contribution in [0.1, 0.15) is 39.4 Å². The Morgan fingerprint density at radius 2 is 2.21 bits per heavy atom. The molecule has 0 radical (unpaired) electrons. The van der Waals surface area contributed by atoms with E-state index in [4.69, 9.17) is 10.9 Å². The Bertz CT molecular complexity index is 413. The van der Waals surface area contributed by atoms with Crippen LogP contribution in [-0.2, 0) is 6.54 Å². The minimum atomic E-state index is 0.0251. The number of oxime groups is 1. The molecule has 1 unspecified atom stereocenters. The number of amidine groups is 1. The standard InChI is InChI=1S/C13H25N5O/c1-5-17(8-11(4)13(14)16-19)9-12-6-7-18(15-12)10(2)3/h6-7,10-11,19H,5,8-9H2,1-4H3,(H2,14,16). The molecule has 108 valence electrons. The minimum Gasteiger partial charge on any atom is -0.409 e. The SMILES string of the molecule is CCN(Cc1ccn(C(C)C)n1)CC(C)C(N)=NO. The Morgan fingerprint density at radius 3 is 2.68 bits per heavy atom. The van der Waals surface area contributed by atoms with Crippen LogP contribution >= 0.6 is 0 Å². The van der Waals surface area contributed by atoms with Gasteiger partial charge in [0.25, 0.3) is 0 Å². The van der Waals surface area contributed by atoms with E-state index in [1.54, 1.807) is 0 Å². The molecule has 6 nitrogen and oxygen atoms in total.